The highest BCUT2D eigenvalue weighted by atomic mass is 16.5. The van der Waals surface area contributed by atoms with Crippen molar-refractivity contribution in [1.29, 1.82) is 5.26 Å². The van der Waals surface area contributed by atoms with Crippen LogP contribution in [-0.2, 0) is 16.1 Å². The standard InChI is InChI=1S/C21H23N3O3/c1-14-4-5-15(2)21(16(14)3)27-13-20(26)24-18-8-6-17(7-9-18)12-23-19(25)10-11-22/h4-9H,10,12-13H2,1-3H3,(H,23,25)(H,24,26). The highest BCUT2D eigenvalue weighted by Gasteiger charge is 2.09. The minimum Gasteiger partial charge on any atom is -0.483 e. The Labute approximate surface area is 159 Å². The van der Waals surface area contributed by atoms with Gasteiger partial charge in [-0.1, -0.05) is 24.3 Å². The molecule has 0 radical (unpaired) electrons. The summed E-state index contributed by atoms with van der Waals surface area (Å²) in [5.41, 5.74) is 4.67. The first-order chi connectivity index (χ1) is 12.9. The normalized spacial score (nSPS) is 10.0. The Morgan fingerprint density at radius 2 is 1.67 bits per heavy atom. The van der Waals surface area contributed by atoms with E-state index in [1.165, 1.54) is 0 Å². The molecule has 2 aromatic carbocycles. The van der Waals surface area contributed by atoms with Crippen LogP contribution in [0.3, 0.4) is 0 Å². The lowest BCUT2D eigenvalue weighted by Gasteiger charge is -2.14. The van der Waals surface area contributed by atoms with E-state index >= 15 is 0 Å². The lowest BCUT2D eigenvalue weighted by molar-refractivity contribution is -0.120. The number of aryl methyl sites for hydroxylation is 2. The Morgan fingerprint density at radius 3 is 2.33 bits per heavy atom. The fraction of sp³-hybridized carbons (Fsp3) is 0.286. The summed E-state index contributed by atoms with van der Waals surface area (Å²) in [6.45, 7) is 6.20. The van der Waals surface area contributed by atoms with E-state index in [1.54, 1.807) is 30.3 Å². The number of hydrogen-bond donors (Lipinski definition) is 2. The van der Waals surface area contributed by atoms with Crippen LogP contribution >= 0.6 is 0 Å². The smallest absolute Gasteiger partial charge is 0.262 e. The van der Waals surface area contributed by atoms with Crippen LogP contribution in [0, 0.1) is 32.1 Å². The molecule has 27 heavy (non-hydrogen) atoms. The molecule has 0 saturated carbocycles. The lowest BCUT2D eigenvalue weighted by Crippen LogP contribution is -2.22. The number of benzene rings is 2. The van der Waals surface area contributed by atoms with E-state index in [2.05, 4.69) is 10.6 Å². The van der Waals surface area contributed by atoms with E-state index in [4.69, 9.17) is 10.00 Å². The molecule has 2 rings (SSSR count). The second-order valence-electron chi connectivity index (χ2n) is 6.30. The third-order valence-electron chi connectivity index (χ3n) is 4.19. The summed E-state index contributed by atoms with van der Waals surface area (Å²) in [6.07, 6.45) is -0.159. The molecule has 0 saturated heterocycles. The highest BCUT2D eigenvalue weighted by molar-refractivity contribution is 5.91. The molecule has 2 aromatic rings. The molecule has 0 heterocycles. The molecular formula is C21H23N3O3. The van der Waals surface area contributed by atoms with Gasteiger partial charge in [-0.2, -0.15) is 5.26 Å². The average molecular weight is 365 g/mol. The molecule has 140 valence electrons. The van der Waals surface area contributed by atoms with Gasteiger partial charge in [-0.3, -0.25) is 9.59 Å². The molecule has 2 N–H and O–H groups in total. The predicted octanol–water partition coefficient (Wildman–Crippen LogP) is 3.16. The van der Waals surface area contributed by atoms with Crippen LogP contribution in [0.15, 0.2) is 36.4 Å². The molecule has 0 atom stereocenters. The van der Waals surface area contributed by atoms with Crippen molar-refractivity contribution in [2.24, 2.45) is 0 Å². The van der Waals surface area contributed by atoms with Gasteiger partial charge in [0.05, 0.1) is 6.07 Å². The summed E-state index contributed by atoms with van der Waals surface area (Å²) >= 11 is 0. The number of ether oxygens (including phenoxy) is 1. The van der Waals surface area contributed by atoms with Crippen molar-refractivity contribution in [2.45, 2.75) is 33.7 Å². The van der Waals surface area contributed by atoms with Gasteiger partial charge in [-0.25, -0.2) is 0 Å². The van der Waals surface area contributed by atoms with E-state index in [0.717, 1.165) is 28.0 Å². The predicted molar refractivity (Wildman–Crippen MR) is 103 cm³/mol. The van der Waals surface area contributed by atoms with E-state index < -0.39 is 0 Å². The Bertz CT molecular complexity index is 867. The number of hydrogen-bond acceptors (Lipinski definition) is 4. The van der Waals surface area contributed by atoms with Gasteiger partial charge >= 0.3 is 0 Å². The van der Waals surface area contributed by atoms with Crippen molar-refractivity contribution in [3.8, 4) is 11.8 Å². The summed E-state index contributed by atoms with van der Waals surface area (Å²) in [5.74, 6) is 0.188. The van der Waals surface area contributed by atoms with E-state index in [0.29, 0.717) is 12.2 Å². The Morgan fingerprint density at radius 1 is 1.00 bits per heavy atom. The quantitative estimate of drug-likeness (QED) is 0.788. The van der Waals surface area contributed by atoms with Crippen LogP contribution in [0.4, 0.5) is 5.69 Å². The number of nitrogens with zero attached hydrogens (tertiary/aromatic N) is 1. The Kier molecular flexibility index (Phi) is 6.95. The zero-order chi connectivity index (χ0) is 19.8. The van der Waals surface area contributed by atoms with Crippen LogP contribution in [0.25, 0.3) is 0 Å². The molecule has 0 unspecified atom stereocenters. The van der Waals surface area contributed by atoms with Crippen molar-refractivity contribution < 1.29 is 14.3 Å². The zero-order valence-corrected chi connectivity index (χ0v) is 15.8. The molecule has 0 spiro atoms. The molecule has 0 aliphatic carbocycles. The van der Waals surface area contributed by atoms with Crippen molar-refractivity contribution in [2.75, 3.05) is 11.9 Å². The summed E-state index contributed by atoms with van der Waals surface area (Å²) in [7, 11) is 0. The fourth-order valence-electron chi connectivity index (χ4n) is 2.52. The van der Waals surface area contributed by atoms with Gasteiger partial charge in [0, 0.05) is 12.2 Å². The number of anilines is 1. The van der Waals surface area contributed by atoms with Gasteiger partial charge in [0.25, 0.3) is 5.91 Å². The number of amides is 2. The molecule has 0 fully saturated rings. The highest BCUT2D eigenvalue weighted by Crippen LogP contribution is 2.25. The van der Waals surface area contributed by atoms with E-state index in [-0.39, 0.29) is 24.8 Å². The first-order valence-electron chi connectivity index (χ1n) is 8.62. The lowest BCUT2D eigenvalue weighted by atomic mass is 10.1. The molecule has 6 nitrogen and oxygen atoms in total. The second kappa shape index (κ2) is 9.39. The van der Waals surface area contributed by atoms with Crippen LogP contribution in [0.5, 0.6) is 5.75 Å². The van der Waals surface area contributed by atoms with Gasteiger partial charge in [-0.05, 0) is 55.2 Å². The third kappa shape index (κ3) is 5.86. The summed E-state index contributed by atoms with van der Waals surface area (Å²) < 4.78 is 5.71. The van der Waals surface area contributed by atoms with Crippen molar-refractivity contribution in [3.05, 3.63) is 58.7 Å². The SMILES string of the molecule is Cc1ccc(C)c(OCC(=O)Nc2ccc(CNC(=O)CC#N)cc2)c1C. The topological polar surface area (TPSA) is 91.2 Å². The molecule has 6 heteroatoms. The first-order valence-corrected chi connectivity index (χ1v) is 8.62. The third-order valence-corrected chi connectivity index (χ3v) is 4.19. The number of nitriles is 1. The fourth-order valence-corrected chi connectivity index (χ4v) is 2.52. The maximum absolute atomic E-state index is 12.1. The minimum absolute atomic E-state index is 0.0723. The van der Waals surface area contributed by atoms with Gasteiger partial charge in [0.1, 0.15) is 12.2 Å². The minimum atomic E-state index is -0.311. The summed E-state index contributed by atoms with van der Waals surface area (Å²) in [5, 5.41) is 13.9. The van der Waals surface area contributed by atoms with Gasteiger partial charge in [0.2, 0.25) is 5.91 Å². The molecule has 0 aliphatic heterocycles. The molecular weight excluding hydrogens is 342 g/mol. The summed E-state index contributed by atoms with van der Waals surface area (Å²) in [6, 6.07) is 12.9. The second-order valence-corrected chi connectivity index (χ2v) is 6.30. The van der Waals surface area contributed by atoms with E-state index in [1.807, 2.05) is 32.9 Å². The molecule has 2 amide bonds. The first kappa shape index (κ1) is 20.0. The number of carbonyl (C=O) groups excluding carboxylic acids is 2. The van der Waals surface area contributed by atoms with Crippen LogP contribution in [0.1, 0.15) is 28.7 Å². The molecule has 0 aromatic heterocycles. The Balaban J connectivity index is 1.87. The van der Waals surface area contributed by atoms with Gasteiger partial charge in [0.15, 0.2) is 6.61 Å². The summed E-state index contributed by atoms with van der Waals surface area (Å²) in [4.78, 5) is 23.4. The zero-order valence-electron chi connectivity index (χ0n) is 15.8. The largest absolute Gasteiger partial charge is 0.483 e. The molecule has 0 bridgehead atoms. The number of nitrogens with one attached hydrogen (secondary N) is 2. The number of carbonyl (C=O) groups is 2. The van der Waals surface area contributed by atoms with Crippen LogP contribution in [-0.4, -0.2) is 18.4 Å². The average Bonchev–Trinajstić information content (AvgIpc) is 2.64. The number of rotatable bonds is 7. The Hall–Kier alpha value is -3.33. The monoisotopic (exact) mass is 365 g/mol. The van der Waals surface area contributed by atoms with Crippen LogP contribution in [0.2, 0.25) is 0 Å². The van der Waals surface area contributed by atoms with Crippen molar-refractivity contribution >= 4 is 17.5 Å². The maximum atomic E-state index is 12.1. The van der Waals surface area contributed by atoms with Gasteiger partial charge in [-0.15, -0.1) is 0 Å². The van der Waals surface area contributed by atoms with Crippen molar-refractivity contribution in [3.63, 3.8) is 0 Å². The van der Waals surface area contributed by atoms with E-state index in [9.17, 15) is 9.59 Å². The van der Waals surface area contributed by atoms with Crippen LogP contribution < -0.4 is 15.4 Å². The van der Waals surface area contributed by atoms with Gasteiger partial charge < -0.3 is 15.4 Å². The van der Waals surface area contributed by atoms with Crippen molar-refractivity contribution in [1.82, 2.24) is 5.32 Å². The maximum Gasteiger partial charge on any atom is 0.262 e. The molecule has 0 aliphatic rings.